The lowest BCUT2D eigenvalue weighted by Gasteiger charge is -2.24. The molecule has 1 amide bonds. The van der Waals surface area contributed by atoms with Crippen molar-refractivity contribution < 1.29 is 14.3 Å². The van der Waals surface area contributed by atoms with E-state index in [1.165, 1.54) is 25.7 Å². The Balaban J connectivity index is 1.28. The summed E-state index contributed by atoms with van der Waals surface area (Å²) in [6.45, 7) is 2.95. The number of rotatable bonds is 6. The number of carbonyl (C=O) groups is 1. The third-order valence-corrected chi connectivity index (χ3v) is 5.04. The highest BCUT2D eigenvalue weighted by atomic mass is 16.5. The van der Waals surface area contributed by atoms with Gasteiger partial charge < -0.3 is 20.1 Å². The highest BCUT2D eigenvalue weighted by Crippen LogP contribution is 2.33. The molecule has 2 heterocycles. The quantitative estimate of drug-likeness (QED) is 0.724. The smallest absolute Gasteiger partial charge is 0.237 e. The van der Waals surface area contributed by atoms with Gasteiger partial charge in [0.15, 0.2) is 0 Å². The Bertz CT molecular complexity index is 330. The second-order valence-electron chi connectivity index (χ2n) is 6.61. The average molecular weight is 296 g/mol. The van der Waals surface area contributed by atoms with Crippen LogP contribution in [-0.4, -0.2) is 50.5 Å². The molecule has 1 aliphatic carbocycles. The minimum absolute atomic E-state index is 0.0299. The Kier molecular flexibility index (Phi) is 5.49. The van der Waals surface area contributed by atoms with Crippen molar-refractivity contribution in [1.82, 2.24) is 10.6 Å². The van der Waals surface area contributed by atoms with Gasteiger partial charge in [-0.05, 0) is 38.0 Å². The number of amides is 1. The number of ether oxygens (including phenoxy) is 2. The van der Waals surface area contributed by atoms with Crippen LogP contribution >= 0.6 is 0 Å². The second kappa shape index (κ2) is 7.56. The molecule has 3 rings (SSSR count). The molecule has 0 bridgehead atoms. The zero-order valence-corrected chi connectivity index (χ0v) is 12.8. The van der Waals surface area contributed by atoms with Gasteiger partial charge in [0.25, 0.3) is 0 Å². The molecular weight excluding hydrogens is 268 g/mol. The molecule has 5 heteroatoms. The van der Waals surface area contributed by atoms with Crippen LogP contribution in [0.5, 0.6) is 0 Å². The Morgan fingerprint density at radius 3 is 3.00 bits per heavy atom. The molecular formula is C16H28N2O3. The minimum atomic E-state index is 0.0299. The number of carbonyl (C=O) groups excluding carboxylic acids is 1. The van der Waals surface area contributed by atoms with Crippen LogP contribution < -0.4 is 10.6 Å². The molecule has 0 spiro atoms. The van der Waals surface area contributed by atoms with E-state index in [1.54, 1.807) is 0 Å². The van der Waals surface area contributed by atoms with Gasteiger partial charge in [-0.15, -0.1) is 0 Å². The molecule has 1 saturated carbocycles. The van der Waals surface area contributed by atoms with Crippen LogP contribution in [0.4, 0.5) is 0 Å². The highest BCUT2D eigenvalue weighted by molar-refractivity contribution is 5.82. The summed E-state index contributed by atoms with van der Waals surface area (Å²) < 4.78 is 11.0. The summed E-state index contributed by atoms with van der Waals surface area (Å²) in [6.07, 6.45) is 8.34. The maximum atomic E-state index is 12.2. The van der Waals surface area contributed by atoms with Crippen molar-refractivity contribution in [2.24, 2.45) is 5.92 Å². The third kappa shape index (κ3) is 4.18. The number of fused-ring (bicyclic) bond motifs is 1. The van der Waals surface area contributed by atoms with Crippen molar-refractivity contribution in [2.45, 2.75) is 63.1 Å². The summed E-state index contributed by atoms with van der Waals surface area (Å²) in [5.74, 6) is 0.897. The molecule has 4 atom stereocenters. The van der Waals surface area contributed by atoms with E-state index in [1.807, 2.05) is 0 Å². The molecule has 0 aromatic heterocycles. The topological polar surface area (TPSA) is 59.6 Å². The monoisotopic (exact) mass is 296 g/mol. The summed E-state index contributed by atoms with van der Waals surface area (Å²) >= 11 is 0. The maximum Gasteiger partial charge on any atom is 0.237 e. The second-order valence-corrected chi connectivity index (χ2v) is 6.61. The van der Waals surface area contributed by atoms with Gasteiger partial charge in [0.2, 0.25) is 5.91 Å². The number of hydrogen-bond acceptors (Lipinski definition) is 4. The first-order chi connectivity index (χ1) is 10.3. The summed E-state index contributed by atoms with van der Waals surface area (Å²) in [7, 11) is 0. The fraction of sp³-hybridized carbons (Fsp3) is 0.938. The normalized spacial score (nSPS) is 35.6. The van der Waals surface area contributed by atoms with Crippen LogP contribution in [0, 0.1) is 5.92 Å². The van der Waals surface area contributed by atoms with Gasteiger partial charge in [-0.1, -0.05) is 12.8 Å². The minimum Gasteiger partial charge on any atom is -0.379 e. The standard InChI is InChI=1S/C16H28N2O3/c19-16(15-10-12-4-1-2-5-14(12)18-15)17-7-3-8-21-13-6-9-20-11-13/h12-15,18H,1-11H2,(H,17,19). The molecule has 0 aromatic carbocycles. The van der Waals surface area contributed by atoms with Gasteiger partial charge in [0.1, 0.15) is 0 Å². The van der Waals surface area contributed by atoms with Crippen LogP contribution in [0.15, 0.2) is 0 Å². The third-order valence-electron chi connectivity index (χ3n) is 5.04. The van der Waals surface area contributed by atoms with Crippen molar-refractivity contribution in [3.05, 3.63) is 0 Å². The van der Waals surface area contributed by atoms with Gasteiger partial charge in [-0.3, -0.25) is 4.79 Å². The molecule has 4 unspecified atom stereocenters. The van der Waals surface area contributed by atoms with Crippen molar-refractivity contribution in [3.63, 3.8) is 0 Å². The Hall–Kier alpha value is -0.650. The first kappa shape index (κ1) is 15.3. The van der Waals surface area contributed by atoms with Gasteiger partial charge in [0.05, 0.1) is 18.8 Å². The van der Waals surface area contributed by atoms with E-state index in [2.05, 4.69) is 10.6 Å². The van der Waals surface area contributed by atoms with Gasteiger partial charge in [0, 0.05) is 25.8 Å². The maximum absolute atomic E-state index is 12.2. The molecule has 0 radical (unpaired) electrons. The van der Waals surface area contributed by atoms with Crippen molar-refractivity contribution in [1.29, 1.82) is 0 Å². The molecule has 5 nitrogen and oxygen atoms in total. The summed E-state index contributed by atoms with van der Waals surface area (Å²) in [6, 6.07) is 0.613. The average Bonchev–Trinajstić information content (AvgIpc) is 3.15. The predicted molar refractivity (Wildman–Crippen MR) is 80.1 cm³/mol. The molecule has 21 heavy (non-hydrogen) atoms. The summed E-state index contributed by atoms with van der Waals surface area (Å²) in [4.78, 5) is 12.2. The van der Waals surface area contributed by atoms with Crippen molar-refractivity contribution in [3.8, 4) is 0 Å². The van der Waals surface area contributed by atoms with Crippen LogP contribution in [0.25, 0.3) is 0 Å². The van der Waals surface area contributed by atoms with E-state index >= 15 is 0 Å². The Morgan fingerprint density at radius 2 is 2.19 bits per heavy atom. The molecule has 0 aromatic rings. The van der Waals surface area contributed by atoms with E-state index < -0.39 is 0 Å². The fourth-order valence-corrected chi connectivity index (χ4v) is 3.82. The molecule has 2 saturated heterocycles. The fourth-order valence-electron chi connectivity index (χ4n) is 3.82. The SMILES string of the molecule is O=C(NCCCOC1CCOC1)C1CC2CCCCC2N1. The van der Waals surface area contributed by atoms with E-state index in [9.17, 15) is 4.79 Å². The van der Waals surface area contributed by atoms with Gasteiger partial charge >= 0.3 is 0 Å². The van der Waals surface area contributed by atoms with Crippen LogP contribution in [0.1, 0.15) is 44.9 Å². The lowest BCUT2D eigenvalue weighted by Crippen LogP contribution is -2.43. The lowest BCUT2D eigenvalue weighted by molar-refractivity contribution is -0.122. The molecule has 3 fully saturated rings. The highest BCUT2D eigenvalue weighted by Gasteiger charge is 2.37. The van der Waals surface area contributed by atoms with Gasteiger partial charge in [-0.2, -0.15) is 0 Å². The van der Waals surface area contributed by atoms with Crippen molar-refractivity contribution in [2.75, 3.05) is 26.4 Å². The first-order valence-corrected chi connectivity index (χ1v) is 8.56. The lowest BCUT2D eigenvalue weighted by atomic mass is 9.85. The Labute approximate surface area is 127 Å². The zero-order valence-electron chi connectivity index (χ0n) is 12.8. The van der Waals surface area contributed by atoms with Crippen LogP contribution in [0.3, 0.4) is 0 Å². The summed E-state index contributed by atoms with van der Waals surface area (Å²) in [5, 5.41) is 6.57. The number of nitrogens with one attached hydrogen (secondary N) is 2. The van der Waals surface area contributed by atoms with E-state index in [4.69, 9.17) is 9.47 Å². The van der Waals surface area contributed by atoms with Gasteiger partial charge in [-0.25, -0.2) is 0 Å². The van der Waals surface area contributed by atoms with Crippen LogP contribution in [-0.2, 0) is 14.3 Å². The zero-order chi connectivity index (χ0) is 14.5. The van der Waals surface area contributed by atoms with E-state index in [0.717, 1.165) is 38.4 Å². The molecule has 3 aliphatic rings. The summed E-state index contributed by atoms with van der Waals surface area (Å²) in [5.41, 5.74) is 0. The molecule has 2 N–H and O–H groups in total. The largest absolute Gasteiger partial charge is 0.379 e. The van der Waals surface area contributed by atoms with E-state index in [0.29, 0.717) is 19.2 Å². The van der Waals surface area contributed by atoms with E-state index in [-0.39, 0.29) is 18.1 Å². The predicted octanol–water partition coefficient (Wildman–Crippen LogP) is 1.22. The first-order valence-electron chi connectivity index (χ1n) is 8.56. The molecule has 120 valence electrons. The van der Waals surface area contributed by atoms with Crippen LogP contribution in [0.2, 0.25) is 0 Å². The van der Waals surface area contributed by atoms with Crippen molar-refractivity contribution >= 4 is 5.91 Å². The Morgan fingerprint density at radius 1 is 1.29 bits per heavy atom. The number of hydrogen-bond donors (Lipinski definition) is 2. The molecule has 2 aliphatic heterocycles.